The van der Waals surface area contributed by atoms with Crippen molar-refractivity contribution in [2.45, 2.75) is 45.6 Å². The molecule has 0 aliphatic rings. The van der Waals surface area contributed by atoms with Gasteiger partial charge in [0.2, 0.25) is 0 Å². The van der Waals surface area contributed by atoms with E-state index in [2.05, 4.69) is 45.1 Å². The highest BCUT2D eigenvalue weighted by Crippen LogP contribution is 2.15. The van der Waals surface area contributed by atoms with Crippen molar-refractivity contribution in [2.75, 3.05) is 6.54 Å². The Bertz CT molecular complexity index is 304. The lowest BCUT2D eigenvalue weighted by Crippen LogP contribution is -2.32. The average Bonchev–Trinajstić information content (AvgIpc) is 2.29. The van der Waals surface area contributed by atoms with Gasteiger partial charge in [-0.05, 0) is 35.3 Å². The van der Waals surface area contributed by atoms with Gasteiger partial charge in [-0.25, -0.2) is 9.97 Å². The Morgan fingerprint density at radius 2 is 2.19 bits per heavy atom. The number of hydrogen-bond donors (Lipinski definition) is 1. The lowest BCUT2D eigenvalue weighted by Gasteiger charge is -2.17. The van der Waals surface area contributed by atoms with E-state index in [1.165, 1.54) is 19.3 Å². The van der Waals surface area contributed by atoms with Gasteiger partial charge >= 0.3 is 0 Å². The Morgan fingerprint density at radius 3 is 2.81 bits per heavy atom. The summed E-state index contributed by atoms with van der Waals surface area (Å²) < 4.78 is 1.01. The summed E-state index contributed by atoms with van der Waals surface area (Å²) in [4.78, 5) is 8.29. The van der Waals surface area contributed by atoms with E-state index in [-0.39, 0.29) is 0 Å². The maximum Gasteiger partial charge on any atom is 0.115 e. The lowest BCUT2D eigenvalue weighted by atomic mass is 10.1. The second-order valence-corrected chi connectivity index (χ2v) is 4.82. The second-order valence-electron chi connectivity index (χ2n) is 3.96. The van der Waals surface area contributed by atoms with Crippen LogP contribution in [-0.4, -0.2) is 22.6 Å². The van der Waals surface area contributed by atoms with Gasteiger partial charge in [0.25, 0.3) is 0 Å². The van der Waals surface area contributed by atoms with Gasteiger partial charge in [-0.1, -0.05) is 20.3 Å². The van der Waals surface area contributed by atoms with Gasteiger partial charge in [-0.2, -0.15) is 0 Å². The third-order valence-electron chi connectivity index (χ3n) is 2.50. The second kappa shape index (κ2) is 7.74. The molecule has 16 heavy (non-hydrogen) atoms. The Morgan fingerprint density at radius 1 is 1.38 bits per heavy atom. The summed E-state index contributed by atoms with van der Waals surface area (Å²) in [5, 5.41) is 3.56. The van der Waals surface area contributed by atoms with Crippen LogP contribution in [0.2, 0.25) is 0 Å². The molecule has 1 rings (SSSR count). The molecule has 1 aromatic heterocycles. The van der Waals surface area contributed by atoms with Crippen molar-refractivity contribution < 1.29 is 0 Å². The molecule has 1 heterocycles. The Balaban J connectivity index is 2.56. The molecule has 1 atom stereocenters. The van der Waals surface area contributed by atoms with E-state index in [9.17, 15) is 0 Å². The van der Waals surface area contributed by atoms with E-state index >= 15 is 0 Å². The molecule has 3 nitrogen and oxygen atoms in total. The van der Waals surface area contributed by atoms with Crippen LogP contribution in [-0.2, 0) is 6.42 Å². The molecular formula is C12H20BrN3. The molecule has 0 bridgehead atoms. The Hall–Kier alpha value is -0.480. The van der Waals surface area contributed by atoms with Gasteiger partial charge in [0.05, 0.1) is 10.2 Å². The van der Waals surface area contributed by atoms with Crippen LogP contribution < -0.4 is 5.32 Å². The van der Waals surface area contributed by atoms with Crippen molar-refractivity contribution >= 4 is 15.9 Å². The summed E-state index contributed by atoms with van der Waals surface area (Å²) in [7, 11) is 0. The van der Waals surface area contributed by atoms with Gasteiger partial charge in [0.15, 0.2) is 0 Å². The molecule has 0 saturated carbocycles. The first kappa shape index (κ1) is 13.6. The Kier molecular flexibility index (Phi) is 6.57. The number of hydrogen-bond acceptors (Lipinski definition) is 3. The number of nitrogens with one attached hydrogen (secondary N) is 1. The van der Waals surface area contributed by atoms with Crippen LogP contribution in [0.4, 0.5) is 0 Å². The molecule has 0 radical (unpaired) electrons. The van der Waals surface area contributed by atoms with Gasteiger partial charge in [-0.15, -0.1) is 0 Å². The molecule has 1 N–H and O–H groups in total. The SMILES string of the molecule is CCCNC(CCC)Cc1ncncc1Br. The highest BCUT2D eigenvalue weighted by atomic mass is 79.9. The zero-order chi connectivity index (χ0) is 11.8. The summed E-state index contributed by atoms with van der Waals surface area (Å²) in [6.07, 6.45) is 7.96. The number of rotatable bonds is 7. The van der Waals surface area contributed by atoms with Crippen LogP contribution in [0.1, 0.15) is 38.8 Å². The molecule has 1 aromatic rings. The quantitative estimate of drug-likeness (QED) is 0.837. The zero-order valence-corrected chi connectivity index (χ0v) is 11.6. The van der Waals surface area contributed by atoms with E-state index < -0.39 is 0 Å². The van der Waals surface area contributed by atoms with Crippen LogP contribution in [0.3, 0.4) is 0 Å². The molecule has 1 unspecified atom stereocenters. The largest absolute Gasteiger partial charge is 0.314 e. The average molecular weight is 286 g/mol. The van der Waals surface area contributed by atoms with E-state index in [4.69, 9.17) is 0 Å². The normalized spacial score (nSPS) is 12.7. The lowest BCUT2D eigenvalue weighted by molar-refractivity contribution is 0.468. The minimum atomic E-state index is 0.524. The molecule has 0 fully saturated rings. The van der Waals surface area contributed by atoms with Crippen molar-refractivity contribution in [1.82, 2.24) is 15.3 Å². The topological polar surface area (TPSA) is 37.8 Å². The first-order chi connectivity index (χ1) is 7.77. The highest BCUT2D eigenvalue weighted by molar-refractivity contribution is 9.10. The van der Waals surface area contributed by atoms with Crippen LogP contribution >= 0.6 is 15.9 Å². The molecule has 4 heteroatoms. The highest BCUT2D eigenvalue weighted by Gasteiger charge is 2.10. The van der Waals surface area contributed by atoms with Crippen molar-refractivity contribution in [3.05, 3.63) is 22.7 Å². The van der Waals surface area contributed by atoms with Crippen LogP contribution in [0.25, 0.3) is 0 Å². The summed E-state index contributed by atoms with van der Waals surface area (Å²) in [5.74, 6) is 0. The van der Waals surface area contributed by atoms with Gasteiger partial charge in [0, 0.05) is 18.7 Å². The summed E-state index contributed by atoms with van der Waals surface area (Å²) in [5.41, 5.74) is 1.09. The van der Waals surface area contributed by atoms with Gasteiger partial charge in [0.1, 0.15) is 6.33 Å². The fourth-order valence-corrected chi connectivity index (χ4v) is 2.08. The molecule has 90 valence electrons. The van der Waals surface area contributed by atoms with Gasteiger partial charge < -0.3 is 5.32 Å². The fourth-order valence-electron chi connectivity index (χ4n) is 1.69. The third-order valence-corrected chi connectivity index (χ3v) is 3.17. The molecule has 0 aliphatic heterocycles. The Labute approximate surface area is 106 Å². The van der Waals surface area contributed by atoms with E-state index in [1.807, 2.05) is 6.20 Å². The molecule has 0 amide bonds. The maximum atomic E-state index is 4.31. The molecule has 0 aliphatic carbocycles. The monoisotopic (exact) mass is 285 g/mol. The van der Waals surface area contributed by atoms with E-state index in [1.54, 1.807) is 6.33 Å². The fraction of sp³-hybridized carbons (Fsp3) is 0.667. The molecular weight excluding hydrogens is 266 g/mol. The van der Waals surface area contributed by atoms with Crippen LogP contribution in [0, 0.1) is 0 Å². The molecule has 0 aromatic carbocycles. The van der Waals surface area contributed by atoms with Crippen molar-refractivity contribution in [3.8, 4) is 0 Å². The van der Waals surface area contributed by atoms with E-state index in [0.29, 0.717) is 6.04 Å². The predicted octanol–water partition coefficient (Wildman–Crippen LogP) is 2.95. The summed E-state index contributed by atoms with van der Waals surface area (Å²) in [6, 6.07) is 0.524. The van der Waals surface area contributed by atoms with Crippen LogP contribution in [0.5, 0.6) is 0 Å². The van der Waals surface area contributed by atoms with Crippen molar-refractivity contribution in [1.29, 1.82) is 0 Å². The van der Waals surface area contributed by atoms with Crippen LogP contribution in [0.15, 0.2) is 17.0 Å². The zero-order valence-electron chi connectivity index (χ0n) is 10.0. The first-order valence-corrected chi connectivity index (χ1v) is 6.75. The minimum absolute atomic E-state index is 0.524. The van der Waals surface area contributed by atoms with Crippen molar-refractivity contribution in [2.24, 2.45) is 0 Å². The predicted molar refractivity (Wildman–Crippen MR) is 70.4 cm³/mol. The first-order valence-electron chi connectivity index (χ1n) is 5.95. The molecule has 0 saturated heterocycles. The standard InChI is InChI=1S/C12H20BrN3/c1-3-5-10(15-6-4-2)7-12-11(13)8-14-9-16-12/h8-10,15H,3-7H2,1-2H3. The van der Waals surface area contributed by atoms with Crippen molar-refractivity contribution in [3.63, 3.8) is 0 Å². The summed E-state index contributed by atoms with van der Waals surface area (Å²) in [6.45, 7) is 5.49. The van der Waals surface area contributed by atoms with Gasteiger partial charge in [-0.3, -0.25) is 0 Å². The smallest absolute Gasteiger partial charge is 0.115 e. The number of halogens is 1. The number of nitrogens with zero attached hydrogens (tertiary/aromatic N) is 2. The maximum absolute atomic E-state index is 4.31. The molecule has 0 spiro atoms. The number of aromatic nitrogens is 2. The third kappa shape index (κ3) is 4.58. The minimum Gasteiger partial charge on any atom is -0.314 e. The summed E-state index contributed by atoms with van der Waals surface area (Å²) >= 11 is 3.49. The van der Waals surface area contributed by atoms with E-state index in [0.717, 1.165) is 23.1 Å².